The highest BCUT2D eigenvalue weighted by atomic mass is 79.9. The fourth-order valence-electron chi connectivity index (χ4n) is 2.60. The highest BCUT2D eigenvalue weighted by molar-refractivity contribution is 9.10. The summed E-state index contributed by atoms with van der Waals surface area (Å²) in [6, 6.07) is 14.7. The van der Waals surface area contributed by atoms with Gasteiger partial charge in [-0.05, 0) is 36.2 Å². The molecule has 1 heterocycles. The van der Waals surface area contributed by atoms with E-state index >= 15 is 0 Å². The molecule has 0 fully saturated rings. The number of fused-ring (bicyclic) bond motifs is 1. The number of hydrogen-bond donors (Lipinski definition) is 0. The van der Waals surface area contributed by atoms with Crippen LogP contribution in [0.5, 0.6) is 0 Å². The molecule has 0 bridgehead atoms. The van der Waals surface area contributed by atoms with Crippen LogP contribution in [0.25, 0.3) is 11.0 Å². The second kappa shape index (κ2) is 6.20. The third-order valence-electron chi connectivity index (χ3n) is 3.61. The first-order valence-corrected chi connectivity index (χ1v) is 8.27. The van der Waals surface area contributed by atoms with Crippen LogP contribution in [0.2, 0.25) is 0 Å². The molecule has 0 aliphatic heterocycles. The predicted octanol–water partition coefficient (Wildman–Crippen LogP) is 4.94. The maximum Gasteiger partial charge on any atom is 0.111 e. The van der Waals surface area contributed by atoms with Gasteiger partial charge in [-0.1, -0.05) is 40.2 Å². The molecule has 3 aromatic rings. The Balaban J connectivity index is 2.11. The molecular weight excluding hydrogens is 348 g/mol. The summed E-state index contributed by atoms with van der Waals surface area (Å²) in [5.74, 6) is 1.63. The van der Waals surface area contributed by atoms with Crippen LogP contribution in [-0.4, -0.2) is 15.4 Å². The zero-order valence-corrected chi connectivity index (χ0v) is 14.2. The smallest absolute Gasteiger partial charge is 0.111 e. The number of para-hydroxylation sites is 1. The Hall–Kier alpha value is -1.32. The Morgan fingerprint density at radius 2 is 2.00 bits per heavy atom. The van der Waals surface area contributed by atoms with Crippen molar-refractivity contribution in [3.05, 3.63) is 63.9 Å². The minimum atomic E-state index is 0.584. The molecule has 0 amide bonds. The van der Waals surface area contributed by atoms with E-state index in [0.717, 1.165) is 28.8 Å². The molecule has 0 radical (unpaired) electrons. The molecule has 0 unspecified atom stereocenters. The van der Waals surface area contributed by atoms with Gasteiger partial charge in [0.15, 0.2) is 0 Å². The molecular formula is C17H16BrClN2. The maximum absolute atomic E-state index is 5.94. The number of halogens is 2. The first kappa shape index (κ1) is 14.6. The van der Waals surface area contributed by atoms with Crippen LogP contribution in [0, 0.1) is 6.92 Å². The van der Waals surface area contributed by atoms with Gasteiger partial charge in [0.25, 0.3) is 0 Å². The summed E-state index contributed by atoms with van der Waals surface area (Å²) in [5.41, 5.74) is 4.71. The van der Waals surface area contributed by atoms with Gasteiger partial charge in [-0.15, -0.1) is 11.6 Å². The highest BCUT2D eigenvalue weighted by Gasteiger charge is 2.12. The Kier molecular flexibility index (Phi) is 4.32. The van der Waals surface area contributed by atoms with Crippen molar-refractivity contribution in [1.29, 1.82) is 0 Å². The number of hydrogen-bond acceptors (Lipinski definition) is 1. The van der Waals surface area contributed by atoms with E-state index in [1.165, 1.54) is 16.6 Å². The number of imidazole rings is 1. The third kappa shape index (κ3) is 2.99. The SMILES string of the molecule is Cc1cccc2c1nc(CCCl)n2Cc1cccc(Br)c1. The van der Waals surface area contributed by atoms with Crippen molar-refractivity contribution in [2.75, 3.05) is 5.88 Å². The summed E-state index contributed by atoms with van der Waals surface area (Å²) in [5, 5.41) is 0. The van der Waals surface area contributed by atoms with Crippen LogP contribution in [0.3, 0.4) is 0 Å². The molecule has 2 nitrogen and oxygen atoms in total. The van der Waals surface area contributed by atoms with E-state index in [2.05, 4.69) is 63.8 Å². The van der Waals surface area contributed by atoms with Crippen molar-refractivity contribution in [3.8, 4) is 0 Å². The van der Waals surface area contributed by atoms with Crippen molar-refractivity contribution in [2.45, 2.75) is 19.9 Å². The van der Waals surface area contributed by atoms with E-state index < -0.39 is 0 Å². The van der Waals surface area contributed by atoms with Crippen molar-refractivity contribution in [3.63, 3.8) is 0 Å². The van der Waals surface area contributed by atoms with E-state index in [0.29, 0.717) is 5.88 Å². The number of alkyl halides is 1. The number of aromatic nitrogens is 2. The van der Waals surface area contributed by atoms with Crippen LogP contribution >= 0.6 is 27.5 Å². The zero-order chi connectivity index (χ0) is 14.8. The van der Waals surface area contributed by atoms with Crippen LogP contribution in [0.1, 0.15) is 17.0 Å². The molecule has 0 saturated carbocycles. The zero-order valence-electron chi connectivity index (χ0n) is 11.8. The summed E-state index contributed by atoms with van der Waals surface area (Å²) in [6.45, 7) is 2.91. The average molecular weight is 364 g/mol. The standard InChI is InChI=1S/C17H16BrClN2/c1-12-4-2-7-15-17(12)20-16(8-9-19)21(15)11-13-5-3-6-14(18)10-13/h2-7,10H,8-9,11H2,1H3. The van der Waals surface area contributed by atoms with E-state index in [1.807, 2.05) is 6.07 Å². The Labute approximate surface area is 137 Å². The van der Waals surface area contributed by atoms with Gasteiger partial charge in [0.2, 0.25) is 0 Å². The summed E-state index contributed by atoms with van der Waals surface area (Å²) in [4.78, 5) is 4.79. The lowest BCUT2D eigenvalue weighted by Crippen LogP contribution is -2.06. The second-order valence-electron chi connectivity index (χ2n) is 5.13. The molecule has 1 aromatic heterocycles. The summed E-state index contributed by atoms with van der Waals surface area (Å²) < 4.78 is 3.37. The number of rotatable bonds is 4. The molecule has 0 N–H and O–H groups in total. The van der Waals surface area contributed by atoms with Crippen molar-refractivity contribution < 1.29 is 0 Å². The summed E-state index contributed by atoms with van der Waals surface area (Å²) in [6.07, 6.45) is 0.781. The molecule has 108 valence electrons. The minimum Gasteiger partial charge on any atom is -0.323 e. The monoisotopic (exact) mass is 362 g/mol. The lowest BCUT2D eigenvalue weighted by molar-refractivity contribution is 0.754. The van der Waals surface area contributed by atoms with Crippen LogP contribution in [-0.2, 0) is 13.0 Å². The van der Waals surface area contributed by atoms with Gasteiger partial charge in [0, 0.05) is 23.3 Å². The fraction of sp³-hybridized carbons (Fsp3) is 0.235. The average Bonchev–Trinajstić information content (AvgIpc) is 2.79. The molecule has 3 rings (SSSR count). The van der Waals surface area contributed by atoms with Crippen LogP contribution < -0.4 is 0 Å². The van der Waals surface area contributed by atoms with Crippen molar-refractivity contribution >= 4 is 38.6 Å². The first-order chi connectivity index (χ1) is 10.2. The fourth-order valence-corrected chi connectivity index (χ4v) is 3.22. The van der Waals surface area contributed by atoms with E-state index in [4.69, 9.17) is 16.6 Å². The molecule has 0 aliphatic rings. The van der Waals surface area contributed by atoms with Crippen molar-refractivity contribution in [1.82, 2.24) is 9.55 Å². The Morgan fingerprint density at radius 1 is 1.19 bits per heavy atom. The highest BCUT2D eigenvalue weighted by Crippen LogP contribution is 2.22. The maximum atomic E-state index is 5.94. The molecule has 0 aliphatic carbocycles. The van der Waals surface area contributed by atoms with Gasteiger partial charge in [0.05, 0.1) is 11.0 Å². The molecule has 0 atom stereocenters. The second-order valence-corrected chi connectivity index (χ2v) is 6.42. The van der Waals surface area contributed by atoms with Gasteiger partial charge in [-0.3, -0.25) is 0 Å². The largest absolute Gasteiger partial charge is 0.323 e. The number of benzene rings is 2. The molecule has 4 heteroatoms. The van der Waals surface area contributed by atoms with Gasteiger partial charge in [0.1, 0.15) is 5.82 Å². The normalized spacial score (nSPS) is 11.2. The topological polar surface area (TPSA) is 17.8 Å². The van der Waals surface area contributed by atoms with E-state index in [9.17, 15) is 0 Å². The molecule has 0 saturated heterocycles. The van der Waals surface area contributed by atoms with Gasteiger partial charge < -0.3 is 4.57 Å². The molecule has 21 heavy (non-hydrogen) atoms. The van der Waals surface area contributed by atoms with Crippen molar-refractivity contribution in [2.24, 2.45) is 0 Å². The van der Waals surface area contributed by atoms with E-state index in [-0.39, 0.29) is 0 Å². The third-order valence-corrected chi connectivity index (χ3v) is 4.29. The minimum absolute atomic E-state index is 0.584. The Bertz CT molecular complexity index is 780. The van der Waals surface area contributed by atoms with E-state index in [1.54, 1.807) is 0 Å². The van der Waals surface area contributed by atoms with Gasteiger partial charge in [-0.25, -0.2) is 4.98 Å². The molecule has 0 spiro atoms. The van der Waals surface area contributed by atoms with Crippen LogP contribution in [0.4, 0.5) is 0 Å². The number of aryl methyl sites for hydroxylation is 2. The lowest BCUT2D eigenvalue weighted by Gasteiger charge is -2.09. The summed E-state index contributed by atoms with van der Waals surface area (Å²) in [7, 11) is 0. The van der Waals surface area contributed by atoms with Gasteiger partial charge in [-0.2, -0.15) is 0 Å². The quantitative estimate of drug-likeness (QED) is 0.601. The first-order valence-electron chi connectivity index (χ1n) is 6.94. The Morgan fingerprint density at radius 3 is 2.76 bits per heavy atom. The predicted molar refractivity (Wildman–Crippen MR) is 92.1 cm³/mol. The van der Waals surface area contributed by atoms with Gasteiger partial charge >= 0.3 is 0 Å². The summed E-state index contributed by atoms with van der Waals surface area (Å²) >= 11 is 9.47. The van der Waals surface area contributed by atoms with Crippen LogP contribution in [0.15, 0.2) is 46.9 Å². The number of nitrogens with zero attached hydrogens (tertiary/aromatic N) is 2. The molecule has 2 aromatic carbocycles. The lowest BCUT2D eigenvalue weighted by atomic mass is 10.2.